The van der Waals surface area contributed by atoms with Crippen LogP contribution in [0.4, 0.5) is 0 Å². The van der Waals surface area contributed by atoms with Gasteiger partial charge >= 0.3 is 0 Å². The van der Waals surface area contributed by atoms with E-state index < -0.39 is 54.2 Å². The molecule has 9 heteroatoms. The van der Waals surface area contributed by atoms with E-state index in [-0.39, 0.29) is 5.91 Å². The van der Waals surface area contributed by atoms with Gasteiger partial charge in [0, 0.05) is 7.05 Å². The zero-order valence-corrected chi connectivity index (χ0v) is 15.3. The molecule has 3 fully saturated rings. The van der Waals surface area contributed by atoms with Crippen LogP contribution in [0, 0.1) is 0 Å². The van der Waals surface area contributed by atoms with Crippen molar-refractivity contribution in [1.29, 1.82) is 0 Å². The third-order valence-corrected chi connectivity index (χ3v) is 4.41. The lowest BCUT2D eigenvalue weighted by Gasteiger charge is -2.36. The van der Waals surface area contributed by atoms with E-state index >= 15 is 0 Å². The van der Waals surface area contributed by atoms with Gasteiger partial charge in [0.15, 0.2) is 24.0 Å². The third-order valence-electron chi connectivity index (χ3n) is 4.41. The van der Waals surface area contributed by atoms with Crippen molar-refractivity contribution in [3.63, 3.8) is 0 Å². The average Bonchev–Trinajstić information content (AvgIpc) is 2.99. The maximum Gasteiger partial charge on any atom is 0.252 e. The number of nitrogens with one attached hydrogen (secondary N) is 2. The molecule has 6 atom stereocenters. The first-order chi connectivity index (χ1) is 11.5. The molecule has 3 heterocycles. The fraction of sp³-hybridized carbons (Fsp3) is 0.875. The highest BCUT2D eigenvalue weighted by atomic mass is 16.9. The van der Waals surface area contributed by atoms with Gasteiger partial charge in [-0.2, -0.15) is 0 Å². The Morgan fingerprint density at radius 1 is 0.920 bits per heavy atom. The lowest BCUT2D eigenvalue weighted by Crippen LogP contribution is -2.61. The van der Waals surface area contributed by atoms with Crippen LogP contribution in [0.15, 0.2) is 0 Å². The zero-order valence-electron chi connectivity index (χ0n) is 15.3. The lowest BCUT2D eigenvalue weighted by molar-refractivity contribution is -0.231. The summed E-state index contributed by atoms with van der Waals surface area (Å²) in [6.45, 7) is 8.67. The Morgan fingerprint density at radius 3 is 2.12 bits per heavy atom. The predicted molar refractivity (Wildman–Crippen MR) is 84.2 cm³/mol. The highest BCUT2D eigenvalue weighted by Gasteiger charge is 2.62. The highest BCUT2D eigenvalue weighted by Crippen LogP contribution is 2.44. The van der Waals surface area contributed by atoms with Gasteiger partial charge in [0.2, 0.25) is 5.91 Å². The summed E-state index contributed by atoms with van der Waals surface area (Å²) in [5, 5.41) is 5.12. The number of fused-ring (bicyclic) bond motifs is 3. The minimum atomic E-state index is -0.974. The molecule has 3 aliphatic rings. The van der Waals surface area contributed by atoms with E-state index in [1.54, 1.807) is 34.6 Å². The van der Waals surface area contributed by atoms with Gasteiger partial charge in [0.25, 0.3) is 5.91 Å². The molecule has 0 bridgehead atoms. The molecule has 0 aromatic carbocycles. The molecular weight excluding hydrogens is 332 g/mol. The van der Waals surface area contributed by atoms with Crippen LogP contribution in [0.25, 0.3) is 0 Å². The second-order valence-electron chi connectivity index (χ2n) is 7.43. The van der Waals surface area contributed by atoms with E-state index in [1.807, 2.05) is 0 Å². The van der Waals surface area contributed by atoms with Crippen molar-refractivity contribution in [2.45, 2.75) is 82.9 Å². The van der Waals surface area contributed by atoms with Crippen molar-refractivity contribution >= 4 is 11.8 Å². The van der Waals surface area contributed by atoms with Gasteiger partial charge in [-0.25, -0.2) is 0 Å². The van der Waals surface area contributed by atoms with Gasteiger partial charge in [0.05, 0.1) is 0 Å². The number of likely N-dealkylation sites (N-methyl/N-ethyl adjacent to an activating group) is 1. The van der Waals surface area contributed by atoms with Crippen molar-refractivity contribution in [1.82, 2.24) is 10.6 Å². The number of carbonyl (C=O) groups excluding carboxylic acids is 2. The van der Waals surface area contributed by atoms with E-state index in [4.69, 9.17) is 23.7 Å². The molecule has 9 nitrogen and oxygen atoms in total. The van der Waals surface area contributed by atoms with Gasteiger partial charge < -0.3 is 34.3 Å². The molecular formula is C16H26N2O7. The number of amides is 2. The van der Waals surface area contributed by atoms with Gasteiger partial charge in [-0.3, -0.25) is 9.59 Å². The van der Waals surface area contributed by atoms with E-state index in [2.05, 4.69) is 10.6 Å². The van der Waals surface area contributed by atoms with Crippen molar-refractivity contribution in [2.75, 3.05) is 7.05 Å². The van der Waals surface area contributed by atoms with Crippen LogP contribution in [0.5, 0.6) is 0 Å². The minimum Gasteiger partial charge on any atom is -0.357 e. The quantitative estimate of drug-likeness (QED) is 0.709. The third kappa shape index (κ3) is 3.52. The Morgan fingerprint density at radius 2 is 1.48 bits per heavy atom. The van der Waals surface area contributed by atoms with E-state index in [0.29, 0.717) is 0 Å². The van der Waals surface area contributed by atoms with Crippen molar-refractivity contribution in [3.05, 3.63) is 0 Å². The molecule has 0 unspecified atom stereocenters. The van der Waals surface area contributed by atoms with Gasteiger partial charge in [0.1, 0.15) is 24.4 Å². The second kappa shape index (κ2) is 6.17. The molecule has 3 saturated heterocycles. The molecule has 25 heavy (non-hydrogen) atoms. The maximum absolute atomic E-state index is 12.7. The van der Waals surface area contributed by atoms with Crippen LogP contribution in [0.2, 0.25) is 0 Å². The summed E-state index contributed by atoms with van der Waals surface area (Å²) >= 11 is 0. The minimum absolute atomic E-state index is 0.302. The van der Waals surface area contributed by atoms with Gasteiger partial charge in [-0.05, 0) is 34.6 Å². The molecule has 3 aliphatic heterocycles. The Bertz CT molecular complexity index is 565. The molecule has 2 amide bonds. The van der Waals surface area contributed by atoms with E-state index in [9.17, 15) is 9.59 Å². The van der Waals surface area contributed by atoms with E-state index in [1.165, 1.54) is 7.05 Å². The van der Waals surface area contributed by atoms with Gasteiger partial charge in [-0.1, -0.05) is 0 Å². The van der Waals surface area contributed by atoms with Crippen molar-refractivity contribution < 1.29 is 33.3 Å². The molecule has 142 valence electrons. The summed E-state index contributed by atoms with van der Waals surface area (Å²) in [7, 11) is 1.50. The summed E-state index contributed by atoms with van der Waals surface area (Å²) in [6, 6.07) is -0.704. The van der Waals surface area contributed by atoms with Gasteiger partial charge in [-0.15, -0.1) is 0 Å². The van der Waals surface area contributed by atoms with Crippen LogP contribution in [-0.2, 0) is 33.3 Å². The van der Waals surface area contributed by atoms with Crippen LogP contribution < -0.4 is 10.6 Å². The molecule has 0 aromatic rings. The largest absolute Gasteiger partial charge is 0.357 e. The van der Waals surface area contributed by atoms with Crippen LogP contribution in [0.1, 0.15) is 34.6 Å². The Kier molecular flexibility index (Phi) is 4.57. The van der Waals surface area contributed by atoms with Crippen LogP contribution in [-0.4, -0.2) is 67.2 Å². The first kappa shape index (κ1) is 18.5. The average molecular weight is 358 g/mol. The molecule has 0 radical (unpaired) electrons. The summed E-state index contributed by atoms with van der Waals surface area (Å²) < 4.78 is 29.3. The molecule has 0 spiro atoms. The summed E-state index contributed by atoms with van der Waals surface area (Å²) in [6.07, 6.45) is -3.40. The first-order valence-electron chi connectivity index (χ1n) is 8.42. The Labute approximate surface area is 146 Å². The van der Waals surface area contributed by atoms with Crippen LogP contribution in [0.3, 0.4) is 0 Å². The molecule has 2 N–H and O–H groups in total. The molecule has 0 aromatic heterocycles. The lowest BCUT2D eigenvalue weighted by atomic mass is 9.98. The summed E-state index contributed by atoms with van der Waals surface area (Å²) in [4.78, 5) is 24.3. The number of carbonyl (C=O) groups is 2. The molecule has 0 saturated carbocycles. The Balaban J connectivity index is 1.80. The maximum atomic E-state index is 12.7. The zero-order chi connectivity index (χ0) is 18.6. The number of hydrogen-bond acceptors (Lipinski definition) is 7. The fourth-order valence-corrected chi connectivity index (χ4v) is 3.40. The summed E-state index contributed by atoms with van der Waals surface area (Å²) in [5.41, 5.74) is 0. The fourth-order valence-electron chi connectivity index (χ4n) is 3.40. The monoisotopic (exact) mass is 358 g/mol. The second-order valence-corrected chi connectivity index (χ2v) is 7.43. The van der Waals surface area contributed by atoms with Crippen LogP contribution >= 0.6 is 0 Å². The number of ether oxygens (including phenoxy) is 5. The first-order valence-corrected chi connectivity index (χ1v) is 8.42. The number of hydrogen-bond donors (Lipinski definition) is 2. The smallest absolute Gasteiger partial charge is 0.252 e. The highest BCUT2D eigenvalue weighted by molar-refractivity contribution is 5.89. The SMILES string of the molecule is CNC(=O)[C@@H](C)NC(=O)[C@H]1O[C@@H]2OC(C)(C)O[C@@H]2[C@H]2OC(C)(C)O[C@H]21. The topological polar surface area (TPSA) is 104 Å². The molecule has 3 rings (SSSR count). The standard InChI is InChI=1S/C16H26N2O7/c1-7(12(19)17-6)18-13(20)10-8-9(23-15(2,3)22-8)11-14(21-10)25-16(4,5)24-11/h7-11,14H,1-6H3,(H,17,19)(H,18,20)/t7-,8-,9+,10+,11-,14-/m1/s1. The summed E-state index contributed by atoms with van der Waals surface area (Å²) in [5.74, 6) is -2.49. The van der Waals surface area contributed by atoms with E-state index in [0.717, 1.165) is 0 Å². The predicted octanol–water partition coefficient (Wildman–Crippen LogP) is -0.366. The van der Waals surface area contributed by atoms with Crippen molar-refractivity contribution in [2.24, 2.45) is 0 Å². The Hall–Kier alpha value is -1.26. The molecule has 0 aliphatic carbocycles. The normalized spacial score (nSPS) is 39.2. The van der Waals surface area contributed by atoms with Crippen molar-refractivity contribution in [3.8, 4) is 0 Å². The number of rotatable bonds is 3.